The predicted octanol–water partition coefficient (Wildman–Crippen LogP) is 2.50. The van der Waals surface area contributed by atoms with Crippen molar-refractivity contribution in [3.05, 3.63) is 28.3 Å². The summed E-state index contributed by atoms with van der Waals surface area (Å²) < 4.78 is 0. The van der Waals surface area contributed by atoms with Crippen LogP contribution >= 0.6 is 11.8 Å². The second-order valence-corrected chi connectivity index (χ2v) is 5.18. The summed E-state index contributed by atoms with van der Waals surface area (Å²) in [5, 5.41) is 22.7. The fourth-order valence-corrected chi connectivity index (χ4v) is 2.45. The first-order valence-electron chi connectivity index (χ1n) is 5.31. The first-order valence-corrected chi connectivity index (χ1v) is 6.19. The molecule has 6 heteroatoms. The highest BCUT2D eigenvalue weighted by Gasteiger charge is 2.11. The summed E-state index contributed by atoms with van der Waals surface area (Å²) in [5.41, 5.74) is 0.799. The number of hydrogen-bond acceptors (Lipinski definition) is 5. The zero-order valence-electron chi connectivity index (χ0n) is 9.84. The SMILES string of the molecule is CNc1cc(SC(C)CCO)cc([N+](=O)[O-])c1. The third-order valence-electron chi connectivity index (χ3n) is 2.26. The summed E-state index contributed by atoms with van der Waals surface area (Å²) in [4.78, 5) is 11.2. The normalized spacial score (nSPS) is 12.2. The Morgan fingerprint density at radius 1 is 1.53 bits per heavy atom. The molecule has 1 atom stereocenters. The predicted molar refractivity (Wildman–Crippen MR) is 69.7 cm³/mol. The molecule has 0 saturated carbocycles. The van der Waals surface area contributed by atoms with Crippen molar-refractivity contribution in [1.29, 1.82) is 0 Å². The Labute approximate surface area is 104 Å². The lowest BCUT2D eigenvalue weighted by molar-refractivity contribution is -0.385. The van der Waals surface area contributed by atoms with Gasteiger partial charge in [0.25, 0.3) is 5.69 Å². The fraction of sp³-hybridized carbons (Fsp3) is 0.455. The van der Waals surface area contributed by atoms with Crippen molar-refractivity contribution in [2.45, 2.75) is 23.5 Å². The number of hydrogen-bond donors (Lipinski definition) is 2. The number of aliphatic hydroxyl groups excluding tert-OH is 1. The Hall–Kier alpha value is -1.27. The maximum absolute atomic E-state index is 10.8. The van der Waals surface area contributed by atoms with Gasteiger partial charge in [0.05, 0.1) is 4.92 Å². The zero-order chi connectivity index (χ0) is 12.8. The summed E-state index contributed by atoms with van der Waals surface area (Å²) in [5.74, 6) is 0. The number of nitrogens with one attached hydrogen (secondary N) is 1. The Balaban J connectivity index is 2.90. The van der Waals surface area contributed by atoms with Gasteiger partial charge in [-0.15, -0.1) is 11.8 Å². The van der Waals surface area contributed by atoms with Gasteiger partial charge < -0.3 is 10.4 Å². The number of rotatable bonds is 6. The highest BCUT2D eigenvalue weighted by Crippen LogP contribution is 2.31. The van der Waals surface area contributed by atoms with Crippen molar-refractivity contribution in [1.82, 2.24) is 0 Å². The smallest absolute Gasteiger partial charge is 0.272 e. The molecule has 0 radical (unpaired) electrons. The quantitative estimate of drug-likeness (QED) is 0.464. The Bertz CT molecular complexity index is 398. The van der Waals surface area contributed by atoms with Gasteiger partial charge in [-0.3, -0.25) is 10.1 Å². The standard InChI is InChI=1S/C11H16N2O3S/c1-8(3-4-14)17-11-6-9(12-2)5-10(7-11)13(15)16/h5-8,12,14H,3-4H2,1-2H3. The van der Waals surface area contributed by atoms with Crippen molar-refractivity contribution >= 4 is 23.1 Å². The fourth-order valence-electron chi connectivity index (χ4n) is 1.37. The summed E-state index contributed by atoms with van der Waals surface area (Å²) in [7, 11) is 1.73. The van der Waals surface area contributed by atoms with Gasteiger partial charge in [0.15, 0.2) is 0 Å². The number of non-ortho nitro benzene ring substituents is 1. The van der Waals surface area contributed by atoms with E-state index in [2.05, 4.69) is 5.32 Å². The summed E-state index contributed by atoms with van der Waals surface area (Å²) in [6.45, 7) is 2.11. The van der Waals surface area contributed by atoms with E-state index in [0.717, 1.165) is 10.6 Å². The van der Waals surface area contributed by atoms with Crippen LogP contribution in [0.4, 0.5) is 11.4 Å². The lowest BCUT2D eigenvalue weighted by atomic mass is 10.3. The second-order valence-electron chi connectivity index (χ2n) is 3.66. The minimum absolute atomic E-state index is 0.0792. The molecule has 17 heavy (non-hydrogen) atoms. The van der Waals surface area contributed by atoms with E-state index in [1.807, 2.05) is 13.0 Å². The monoisotopic (exact) mass is 256 g/mol. The van der Waals surface area contributed by atoms with Crippen LogP contribution < -0.4 is 5.32 Å². The van der Waals surface area contributed by atoms with Crippen LogP contribution in [0.15, 0.2) is 23.1 Å². The van der Waals surface area contributed by atoms with Gasteiger partial charge in [-0.1, -0.05) is 6.92 Å². The molecule has 0 aliphatic heterocycles. The molecule has 94 valence electrons. The molecule has 1 unspecified atom stereocenters. The molecular weight excluding hydrogens is 240 g/mol. The summed E-state index contributed by atoms with van der Waals surface area (Å²) in [6.07, 6.45) is 0.669. The van der Waals surface area contributed by atoms with E-state index in [9.17, 15) is 10.1 Å². The van der Waals surface area contributed by atoms with Crippen LogP contribution in [-0.4, -0.2) is 28.9 Å². The lowest BCUT2D eigenvalue weighted by Crippen LogP contribution is -2.00. The van der Waals surface area contributed by atoms with Gasteiger partial charge in [0.1, 0.15) is 0 Å². The van der Waals surface area contributed by atoms with Crippen molar-refractivity contribution in [2.24, 2.45) is 0 Å². The minimum Gasteiger partial charge on any atom is -0.396 e. The maximum atomic E-state index is 10.8. The van der Waals surface area contributed by atoms with E-state index in [1.54, 1.807) is 13.1 Å². The van der Waals surface area contributed by atoms with Crippen LogP contribution in [-0.2, 0) is 0 Å². The molecule has 0 aromatic heterocycles. The van der Waals surface area contributed by atoms with E-state index in [1.165, 1.54) is 17.8 Å². The molecule has 1 aromatic carbocycles. The number of nitro groups is 1. The average Bonchev–Trinajstić information content (AvgIpc) is 2.28. The van der Waals surface area contributed by atoms with Crippen molar-refractivity contribution in [2.75, 3.05) is 19.0 Å². The molecule has 5 nitrogen and oxygen atoms in total. The van der Waals surface area contributed by atoms with Crippen LogP contribution in [0.1, 0.15) is 13.3 Å². The van der Waals surface area contributed by atoms with Gasteiger partial charge in [0.2, 0.25) is 0 Å². The molecule has 0 aliphatic rings. The van der Waals surface area contributed by atoms with E-state index >= 15 is 0 Å². The molecule has 0 heterocycles. The number of nitrogens with zero attached hydrogens (tertiary/aromatic N) is 1. The van der Waals surface area contributed by atoms with Crippen LogP contribution in [0.25, 0.3) is 0 Å². The number of aliphatic hydroxyl groups is 1. The van der Waals surface area contributed by atoms with Gasteiger partial charge in [-0.25, -0.2) is 0 Å². The number of benzene rings is 1. The average molecular weight is 256 g/mol. The molecule has 1 rings (SSSR count). The number of anilines is 1. The van der Waals surface area contributed by atoms with Crippen LogP contribution in [0.5, 0.6) is 0 Å². The van der Waals surface area contributed by atoms with E-state index in [-0.39, 0.29) is 17.5 Å². The van der Waals surface area contributed by atoms with Gasteiger partial charge >= 0.3 is 0 Å². The Kier molecular flexibility index (Phi) is 5.24. The van der Waals surface area contributed by atoms with E-state index in [0.29, 0.717) is 6.42 Å². The van der Waals surface area contributed by atoms with Crippen molar-refractivity contribution < 1.29 is 10.0 Å². The largest absolute Gasteiger partial charge is 0.396 e. The molecule has 1 aromatic rings. The highest BCUT2D eigenvalue weighted by atomic mass is 32.2. The van der Waals surface area contributed by atoms with Crippen molar-refractivity contribution in [3.8, 4) is 0 Å². The topological polar surface area (TPSA) is 75.4 Å². The molecule has 0 bridgehead atoms. The number of nitro benzene ring substituents is 1. The molecule has 0 spiro atoms. The minimum atomic E-state index is -0.401. The van der Waals surface area contributed by atoms with E-state index < -0.39 is 4.92 Å². The molecule has 2 N–H and O–H groups in total. The van der Waals surface area contributed by atoms with Crippen LogP contribution in [0, 0.1) is 10.1 Å². The lowest BCUT2D eigenvalue weighted by Gasteiger charge is -2.10. The first kappa shape index (κ1) is 13.8. The van der Waals surface area contributed by atoms with Gasteiger partial charge in [-0.2, -0.15) is 0 Å². The molecule has 0 saturated heterocycles. The van der Waals surface area contributed by atoms with Gasteiger partial charge in [0, 0.05) is 41.6 Å². The highest BCUT2D eigenvalue weighted by molar-refractivity contribution is 8.00. The summed E-state index contributed by atoms with van der Waals surface area (Å²) in [6, 6.07) is 4.92. The molecule has 0 aliphatic carbocycles. The summed E-state index contributed by atoms with van der Waals surface area (Å²) >= 11 is 1.52. The second kappa shape index (κ2) is 6.46. The molecule has 0 amide bonds. The zero-order valence-corrected chi connectivity index (χ0v) is 10.7. The van der Waals surface area contributed by atoms with Crippen LogP contribution in [0.3, 0.4) is 0 Å². The molecule has 0 fully saturated rings. The van der Waals surface area contributed by atoms with Gasteiger partial charge in [-0.05, 0) is 12.5 Å². The van der Waals surface area contributed by atoms with Crippen LogP contribution in [0.2, 0.25) is 0 Å². The first-order chi connectivity index (χ1) is 8.06. The third kappa shape index (κ3) is 4.24. The molecular formula is C11H16N2O3S. The Morgan fingerprint density at radius 3 is 2.76 bits per heavy atom. The van der Waals surface area contributed by atoms with Crippen molar-refractivity contribution in [3.63, 3.8) is 0 Å². The number of thioether (sulfide) groups is 1. The maximum Gasteiger partial charge on any atom is 0.272 e. The Morgan fingerprint density at radius 2 is 2.24 bits per heavy atom. The van der Waals surface area contributed by atoms with E-state index in [4.69, 9.17) is 5.11 Å². The third-order valence-corrected chi connectivity index (χ3v) is 3.41.